The second-order valence-electron chi connectivity index (χ2n) is 3.11. The maximum atomic E-state index is 13.3. The van der Waals surface area contributed by atoms with E-state index in [9.17, 15) is 9.18 Å². The maximum Gasteiger partial charge on any atom is 0.272 e. The highest BCUT2D eigenvalue weighted by molar-refractivity contribution is 5.92. The molecule has 0 bridgehead atoms. The smallest absolute Gasteiger partial charge is 0.272 e. The second-order valence-corrected chi connectivity index (χ2v) is 3.11. The van der Waals surface area contributed by atoms with Crippen molar-refractivity contribution in [1.82, 2.24) is 9.97 Å². The molecular formula is C11H8FN3O2. The molecule has 5 nitrogen and oxygen atoms in total. The number of nitrogens with zero attached hydrogens (tertiary/aromatic N) is 2. The van der Waals surface area contributed by atoms with Crippen LogP contribution in [0.25, 0.3) is 0 Å². The molecule has 2 rings (SSSR count). The van der Waals surface area contributed by atoms with Gasteiger partial charge in [0.15, 0.2) is 17.3 Å². The first-order valence-corrected chi connectivity index (χ1v) is 4.71. The van der Waals surface area contributed by atoms with Gasteiger partial charge in [-0.05, 0) is 12.1 Å². The molecular weight excluding hydrogens is 225 g/mol. The predicted molar refractivity (Wildman–Crippen MR) is 57.0 cm³/mol. The molecule has 0 unspecified atom stereocenters. The van der Waals surface area contributed by atoms with Crippen LogP contribution in [0.3, 0.4) is 0 Å². The average Bonchev–Trinajstić information content (AvgIpc) is 2.32. The number of para-hydroxylation sites is 1. The van der Waals surface area contributed by atoms with Gasteiger partial charge in [-0.1, -0.05) is 12.1 Å². The van der Waals surface area contributed by atoms with Crippen LogP contribution in [0, 0.1) is 5.82 Å². The van der Waals surface area contributed by atoms with Gasteiger partial charge < -0.3 is 10.5 Å². The lowest BCUT2D eigenvalue weighted by Gasteiger charge is -2.07. The Hall–Kier alpha value is -2.50. The van der Waals surface area contributed by atoms with Gasteiger partial charge in [0.25, 0.3) is 11.8 Å². The Morgan fingerprint density at radius 1 is 1.24 bits per heavy atom. The van der Waals surface area contributed by atoms with Crippen molar-refractivity contribution >= 4 is 5.91 Å². The Bertz CT molecular complexity index is 560. The number of rotatable bonds is 3. The SMILES string of the molecule is NC(=O)c1nccnc1Oc1ccccc1F. The summed E-state index contributed by atoms with van der Waals surface area (Å²) in [6.07, 6.45) is 2.62. The quantitative estimate of drug-likeness (QED) is 0.871. The molecule has 2 N–H and O–H groups in total. The number of carbonyl (C=O) groups excluding carboxylic acids is 1. The summed E-state index contributed by atoms with van der Waals surface area (Å²) >= 11 is 0. The fraction of sp³-hybridized carbons (Fsp3) is 0. The lowest BCUT2D eigenvalue weighted by atomic mass is 10.3. The first kappa shape index (κ1) is 11.0. The molecule has 6 heteroatoms. The van der Waals surface area contributed by atoms with Crippen LogP contribution in [0.5, 0.6) is 11.6 Å². The van der Waals surface area contributed by atoms with Gasteiger partial charge in [-0.2, -0.15) is 0 Å². The van der Waals surface area contributed by atoms with Crippen molar-refractivity contribution in [3.63, 3.8) is 0 Å². The topological polar surface area (TPSA) is 78.1 Å². The summed E-state index contributed by atoms with van der Waals surface area (Å²) in [5, 5.41) is 0. The maximum absolute atomic E-state index is 13.3. The fourth-order valence-electron chi connectivity index (χ4n) is 1.20. The monoisotopic (exact) mass is 233 g/mol. The highest BCUT2D eigenvalue weighted by atomic mass is 19.1. The summed E-state index contributed by atoms with van der Waals surface area (Å²) in [6.45, 7) is 0. The van der Waals surface area contributed by atoms with Gasteiger partial charge in [-0.3, -0.25) is 4.79 Å². The lowest BCUT2D eigenvalue weighted by Crippen LogP contribution is -2.15. The number of hydrogen-bond acceptors (Lipinski definition) is 4. The summed E-state index contributed by atoms with van der Waals surface area (Å²) in [6, 6.07) is 5.76. The molecule has 2 aromatic rings. The summed E-state index contributed by atoms with van der Waals surface area (Å²) in [7, 11) is 0. The number of amides is 1. The summed E-state index contributed by atoms with van der Waals surface area (Å²) in [4.78, 5) is 18.5. The highest BCUT2D eigenvalue weighted by Gasteiger charge is 2.14. The van der Waals surface area contributed by atoms with Gasteiger partial charge in [0, 0.05) is 12.4 Å². The Morgan fingerprint density at radius 2 is 1.94 bits per heavy atom. The first-order valence-electron chi connectivity index (χ1n) is 4.71. The molecule has 0 atom stereocenters. The van der Waals surface area contributed by atoms with Crippen LogP contribution in [0.1, 0.15) is 10.5 Å². The van der Waals surface area contributed by atoms with Crippen LogP contribution < -0.4 is 10.5 Å². The lowest BCUT2D eigenvalue weighted by molar-refractivity contribution is 0.0992. The van der Waals surface area contributed by atoms with Crippen molar-refractivity contribution in [3.8, 4) is 11.6 Å². The molecule has 0 aliphatic carbocycles. The zero-order valence-corrected chi connectivity index (χ0v) is 8.63. The molecule has 1 aromatic heterocycles. The number of halogens is 1. The molecule has 0 saturated carbocycles. The molecule has 17 heavy (non-hydrogen) atoms. The fourth-order valence-corrected chi connectivity index (χ4v) is 1.20. The van der Waals surface area contributed by atoms with Crippen molar-refractivity contribution in [1.29, 1.82) is 0 Å². The van der Waals surface area contributed by atoms with E-state index in [1.165, 1.54) is 30.6 Å². The van der Waals surface area contributed by atoms with Gasteiger partial charge in [-0.15, -0.1) is 0 Å². The summed E-state index contributed by atoms with van der Waals surface area (Å²) < 4.78 is 18.5. The first-order chi connectivity index (χ1) is 8.18. The minimum absolute atomic E-state index is 0.0458. The highest BCUT2D eigenvalue weighted by Crippen LogP contribution is 2.23. The molecule has 0 saturated heterocycles. The van der Waals surface area contributed by atoms with Crippen molar-refractivity contribution in [2.75, 3.05) is 0 Å². The van der Waals surface area contributed by atoms with Gasteiger partial charge in [0.1, 0.15) is 0 Å². The van der Waals surface area contributed by atoms with E-state index in [0.29, 0.717) is 0 Å². The number of nitrogens with two attached hydrogens (primary N) is 1. The number of carbonyl (C=O) groups is 1. The second kappa shape index (κ2) is 4.56. The number of ether oxygens (including phenoxy) is 1. The molecule has 0 fully saturated rings. The Morgan fingerprint density at radius 3 is 2.65 bits per heavy atom. The third-order valence-electron chi connectivity index (χ3n) is 1.94. The summed E-state index contributed by atoms with van der Waals surface area (Å²) in [5.74, 6) is -1.52. The van der Waals surface area contributed by atoms with E-state index >= 15 is 0 Å². The zero-order chi connectivity index (χ0) is 12.3. The van der Waals surface area contributed by atoms with E-state index in [4.69, 9.17) is 10.5 Å². The van der Waals surface area contributed by atoms with Crippen LogP contribution >= 0.6 is 0 Å². The standard InChI is InChI=1S/C11H8FN3O2/c12-7-3-1-2-4-8(7)17-11-9(10(13)16)14-5-6-15-11/h1-6H,(H2,13,16). The molecule has 1 amide bonds. The van der Waals surface area contributed by atoms with Crippen LogP contribution in [0.4, 0.5) is 4.39 Å². The van der Waals surface area contributed by atoms with E-state index in [1.54, 1.807) is 6.07 Å². The minimum atomic E-state index is -0.788. The third-order valence-corrected chi connectivity index (χ3v) is 1.94. The van der Waals surface area contributed by atoms with Gasteiger partial charge in [-0.25, -0.2) is 14.4 Å². The number of benzene rings is 1. The molecule has 86 valence electrons. The van der Waals surface area contributed by atoms with Gasteiger partial charge >= 0.3 is 0 Å². The van der Waals surface area contributed by atoms with Crippen molar-refractivity contribution in [3.05, 3.63) is 48.2 Å². The van der Waals surface area contributed by atoms with E-state index in [0.717, 1.165) is 0 Å². The Balaban J connectivity index is 2.37. The molecule has 0 spiro atoms. The van der Waals surface area contributed by atoms with Crippen LogP contribution in [0.2, 0.25) is 0 Å². The zero-order valence-electron chi connectivity index (χ0n) is 8.63. The molecule has 0 aliphatic rings. The molecule has 0 radical (unpaired) electrons. The van der Waals surface area contributed by atoms with Crippen LogP contribution in [0.15, 0.2) is 36.7 Å². The number of aromatic nitrogens is 2. The predicted octanol–water partition coefficient (Wildman–Crippen LogP) is 1.51. The van der Waals surface area contributed by atoms with Crippen molar-refractivity contribution < 1.29 is 13.9 Å². The minimum Gasteiger partial charge on any atom is -0.434 e. The normalized spacial score (nSPS) is 9.94. The van der Waals surface area contributed by atoms with E-state index in [2.05, 4.69) is 9.97 Å². The molecule has 1 heterocycles. The van der Waals surface area contributed by atoms with Gasteiger partial charge in [0.05, 0.1) is 0 Å². The van der Waals surface area contributed by atoms with Crippen molar-refractivity contribution in [2.24, 2.45) is 5.73 Å². The Kier molecular flexibility index (Phi) is 2.95. The van der Waals surface area contributed by atoms with Crippen molar-refractivity contribution in [2.45, 2.75) is 0 Å². The van der Waals surface area contributed by atoms with Crippen LogP contribution in [-0.2, 0) is 0 Å². The number of hydrogen-bond donors (Lipinski definition) is 1. The van der Waals surface area contributed by atoms with E-state index in [-0.39, 0.29) is 17.3 Å². The summed E-state index contributed by atoms with van der Waals surface area (Å²) in [5.41, 5.74) is 4.95. The van der Waals surface area contributed by atoms with Gasteiger partial charge in [0.2, 0.25) is 0 Å². The molecule has 0 aliphatic heterocycles. The van der Waals surface area contributed by atoms with E-state index < -0.39 is 11.7 Å². The average molecular weight is 233 g/mol. The molecule has 1 aromatic carbocycles. The van der Waals surface area contributed by atoms with Crippen LogP contribution in [-0.4, -0.2) is 15.9 Å². The largest absolute Gasteiger partial charge is 0.434 e. The number of primary amides is 1. The Labute approximate surface area is 96.1 Å². The third kappa shape index (κ3) is 2.36. The van der Waals surface area contributed by atoms with E-state index in [1.807, 2.05) is 0 Å².